The molecule has 0 fully saturated rings. The molecule has 0 heterocycles. The third kappa shape index (κ3) is 12.8. The van der Waals surface area contributed by atoms with Crippen molar-refractivity contribution < 1.29 is 38.4 Å². The summed E-state index contributed by atoms with van der Waals surface area (Å²) < 4.78 is 9.77. The molecule has 0 spiro atoms. The molecular weight excluding hydrogens is 358 g/mol. The lowest BCUT2D eigenvalue weighted by Gasteiger charge is -2.25. The van der Waals surface area contributed by atoms with E-state index < -0.39 is 35.5 Å². The van der Waals surface area contributed by atoms with Crippen LogP contribution in [0.4, 0.5) is 0 Å². The van der Waals surface area contributed by atoms with Crippen molar-refractivity contribution in [3.8, 4) is 0 Å². The van der Waals surface area contributed by atoms with Crippen LogP contribution in [-0.2, 0) is 38.4 Å². The summed E-state index contributed by atoms with van der Waals surface area (Å²) >= 11 is 0. The van der Waals surface area contributed by atoms with Gasteiger partial charge in [-0.3, -0.25) is 14.5 Å². The van der Waals surface area contributed by atoms with Crippen molar-refractivity contribution in [3.63, 3.8) is 0 Å². The average molecular weight is 389 g/mol. The van der Waals surface area contributed by atoms with Gasteiger partial charge in [0.2, 0.25) is 0 Å². The highest BCUT2D eigenvalue weighted by Gasteiger charge is 2.28. The van der Waals surface area contributed by atoms with Crippen molar-refractivity contribution in [1.82, 2.24) is 5.32 Å². The number of unbranched alkanes of at least 4 members (excludes halogenated alkanes) is 1. The van der Waals surface area contributed by atoms with Crippen LogP contribution in [0.2, 0.25) is 0 Å². The van der Waals surface area contributed by atoms with E-state index in [9.17, 15) is 19.2 Å². The summed E-state index contributed by atoms with van der Waals surface area (Å²) in [5.74, 6) is -2.97. The fraction of sp³-hybridized carbons (Fsp3) is 0.778. The highest BCUT2D eigenvalue weighted by atomic mass is 17.2. The normalized spacial score (nSPS) is 12.0. The van der Waals surface area contributed by atoms with Crippen molar-refractivity contribution in [2.24, 2.45) is 0 Å². The lowest BCUT2D eigenvalue weighted by Crippen LogP contribution is -2.37. The van der Waals surface area contributed by atoms with Crippen LogP contribution in [0.15, 0.2) is 0 Å². The summed E-state index contributed by atoms with van der Waals surface area (Å²) in [5.41, 5.74) is -0.960. The molecule has 0 radical (unpaired) electrons. The maximum Gasteiger partial charge on any atom is 0.397 e. The Labute approximate surface area is 160 Å². The van der Waals surface area contributed by atoms with Gasteiger partial charge >= 0.3 is 23.8 Å². The van der Waals surface area contributed by atoms with E-state index in [1.54, 1.807) is 27.7 Å². The van der Waals surface area contributed by atoms with Crippen LogP contribution >= 0.6 is 0 Å². The Kier molecular flexibility index (Phi) is 12.0. The molecular formula is C18H31NO8. The van der Waals surface area contributed by atoms with Crippen LogP contribution in [0.5, 0.6) is 0 Å². The van der Waals surface area contributed by atoms with E-state index in [0.717, 1.165) is 12.8 Å². The molecule has 156 valence electrons. The summed E-state index contributed by atoms with van der Waals surface area (Å²) in [6.45, 7) is 9.17. The molecule has 0 aromatic carbocycles. The average Bonchev–Trinajstić information content (AvgIpc) is 2.58. The molecule has 0 saturated carbocycles. The van der Waals surface area contributed by atoms with E-state index in [0.29, 0.717) is 6.54 Å². The van der Waals surface area contributed by atoms with Crippen molar-refractivity contribution in [1.29, 1.82) is 0 Å². The smallest absolute Gasteiger partial charge is 0.397 e. The van der Waals surface area contributed by atoms with Gasteiger partial charge in [-0.25, -0.2) is 9.59 Å². The molecule has 27 heavy (non-hydrogen) atoms. The highest BCUT2D eigenvalue weighted by Crippen LogP contribution is 2.19. The predicted molar refractivity (Wildman–Crippen MR) is 95.2 cm³/mol. The Balaban J connectivity index is 4.21. The Morgan fingerprint density at radius 1 is 1.04 bits per heavy atom. The molecule has 0 saturated heterocycles. The predicted octanol–water partition coefficient (Wildman–Crippen LogP) is 1.82. The maximum atomic E-state index is 11.7. The standard InChI is InChI=1S/C18H31NO8/c1-6-8-11-19-16(22)17(23)25-13(3)12-18(4,5)27-26-15(21)10-9-14(20)24-7-2/h13H,6-12H2,1-5H3,(H,19,22). The van der Waals surface area contributed by atoms with E-state index in [-0.39, 0.29) is 25.9 Å². The second kappa shape index (κ2) is 13.1. The van der Waals surface area contributed by atoms with Crippen LogP contribution in [0.3, 0.4) is 0 Å². The zero-order valence-electron chi connectivity index (χ0n) is 16.8. The topological polar surface area (TPSA) is 117 Å². The number of esters is 2. The molecule has 9 heteroatoms. The van der Waals surface area contributed by atoms with Gasteiger partial charge in [-0.15, -0.1) is 0 Å². The first-order valence-corrected chi connectivity index (χ1v) is 9.14. The number of carbonyl (C=O) groups is 4. The van der Waals surface area contributed by atoms with Crippen molar-refractivity contribution >= 4 is 23.8 Å². The minimum Gasteiger partial charge on any atom is -0.466 e. The number of hydrogen-bond acceptors (Lipinski definition) is 8. The van der Waals surface area contributed by atoms with Gasteiger partial charge in [0.05, 0.1) is 19.4 Å². The molecule has 0 aliphatic rings. The molecule has 0 aliphatic carbocycles. The van der Waals surface area contributed by atoms with E-state index in [2.05, 4.69) is 10.2 Å². The number of rotatable bonds is 12. The molecule has 0 rings (SSSR count). The Bertz CT molecular complexity index is 504. The molecule has 0 aromatic heterocycles. The van der Waals surface area contributed by atoms with Crippen LogP contribution in [0.1, 0.15) is 66.7 Å². The molecule has 1 unspecified atom stereocenters. The number of ether oxygens (including phenoxy) is 2. The lowest BCUT2D eigenvalue weighted by molar-refractivity contribution is -0.329. The highest BCUT2D eigenvalue weighted by molar-refractivity contribution is 6.32. The number of amides is 1. The van der Waals surface area contributed by atoms with Gasteiger partial charge in [0, 0.05) is 13.0 Å². The minimum atomic E-state index is -0.971. The van der Waals surface area contributed by atoms with Gasteiger partial charge in [0.1, 0.15) is 11.7 Å². The van der Waals surface area contributed by atoms with E-state index in [1.165, 1.54) is 0 Å². The largest absolute Gasteiger partial charge is 0.466 e. The van der Waals surface area contributed by atoms with Crippen LogP contribution in [0, 0.1) is 0 Å². The monoisotopic (exact) mass is 389 g/mol. The SMILES string of the molecule is CCCCNC(=O)C(=O)OC(C)CC(C)(C)OOC(=O)CCC(=O)OCC. The first kappa shape index (κ1) is 24.8. The van der Waals surface area contributed by atoms with Gasteiger partial charge in [-0.2, -0.15) is 4.89 Å². The summed E-state index contributed by atoms with van der Waals surface area (Å²) in [4.78, 5) is 55.8. The first-order chi connectivity index (χ1) is 12.6. The molecule has 1 amide bonds. The first-order valence-electron chi connectivity index (χ1n) is 9.14. The zero-order valence-corrected chi connectivity index (χ0v) is 16.8. The molecule has 1 N–H and O–H groups in total. The summed E-state index contributed by atoms with van der Waals surface area (Å²) in [5, 5.41) is 2.47. The van der Waals surface area contributed by atoms with Crippen LogP contribution in [-0.4, -0.2) is 48.7 Å². The van der Waals surface area contributed by atoms with Gasteiger partial charge in [0.15, 0.2) is 0 Å². The zero-order chi connectivity index (χ0) is 20.9. The quantitative estimate of drug-likeness (QED) is 0.177. The molecule has 9 nitrogen and oxygen atoms in total. The van der Waals surface area contributed by atoms with Crippen LogP contribution < -0.4 is 5.32 Å². The molecule has 0 aliphatic heterocycles. The second-order valence-corrected chi connectivity index (χ2v) is 6.63. The maximum absolute atomic E-state index is 11.7. The number of nitrogens with one attached hydrogen (secondary N) is 1. The van der Waals surface area contributed by atoms with Gasteiger partial charge in [-0.1, -0.05) is 13.3 Å². The van der Waals surface area contributed by atoms with Crippen molar-refractivity contribution in [3.05, 3.63) is 0 Å². The molecule has 0 bridgehead atoms. The molecule has 0 aromatic rings. The second-order valence-electron chi connectivity index (χ2n) is 6.63. The fourth-order valence-corrected chi connectivity index (χ4v) is 2.09. The molecule has 1 atom stereocenters. The summed E-state index contributed by atoms with van der Waals surface area (Å²) in [6, 6.07) is 0. The fourth-order valence-electron chi connectivity index (χ4n) is 2.09. The van der Waals surface area contributed by atoms with Gasteiger partial charge < -0.3 is 14.8 Å². The van der Waals surface area contributed by atoms with E-state index >= 15 is 0 Å². The minimum absolute atomic E-state index is 0.0996. The Morgan fingerprint density at radius 2 is 1.67 bits per heavy atom. The summed E-state index contributed by atoms with van der Waals surface area (Å²) in [6.07, 6.45) is 0.955. The van der Waals surface area contributed by atoms with Crippen molar-refractivity contribution in [2.75, 3.05) is 13.2 Å². The van der Waals surface area contributed by atoms with E-state index in [1.807, 2.05) is 6.92 Å². The van der Waals surface area contributed by atoms with E-state index in [4.69, 9.17) is 14.4 Å². The van der Waals surface area contributed by atoms with Crippen LogP contribution in [0.25, 0.3) is 0 Å². The summed E-state index contributed by atoms with van der Waals surface area (Å²) in [7, 11) is 0. The lowest BCUT2D eigenvalue weighted by atomic mass is 10.0. The number of hydrogen-bond donors (Lipinski definition) is 1. The third-order valence-corrected chi connectivity index (χ3v) is 3.29. The Hall–Kier alpha value is -2.16. The van der Waals surface area contributed by atoms with Gasteiger partial charge in [0.25, 0.3) is 0 Å². The third-order valence-electron chi connectivity index (χ3n) is 3.29. The van der Waals surface area contributed by atoms with Gasteiger partial charge in [-0.05, 0) is 34.1 Å². The number of carbonyl (C=O) groups excluding carboxylic acids is 4. The Morgan fingerprint density at radius 3 is 2.26 bits per heavy atom. The van der Waals surface area contributed by atoms with Crippen molar-refractivity contribution in [2.45, 2.75) is 78.4 Å².